The number of aryl methyl sites for hydroxylation is 2. The Morgan fingerprint density at radius 1 is 1.43 bits per heavy atom. The van der Waals surface area contributed by atoms with Crippen LogP contribution in [-0.2, 0) is 19.4 Å². The topological polar surface area (TPSA) is 38.9 Å². The molecule has 0 atom stereocenters. The van der Waals surface area contributed by atoms with Crippen LogP contribution in [-0.4, -0.2) is 4.98 Å². The Balaban J connectivity index is 2.64. The maximum Gasteiger partial charge on any atom is 0.0931 e. The van der Waals surface area contributed by atoms with Gasteiger partial charge < -0.3 is 5.73 Å². The van der Waals surface area contributed by atoms with Crippen LogP contribution in [0.5, 0.6) is 0 Å². The normalized spacial score (nSPS) is 11.2. The Morgan fingerprint density at radius 2 is 2.14 bits per heavy atom. The number of thiazole rings is 1. The van der Waals surface area contributed by atoms with E-state index < -0.39 is 0 Å². The molecule has 1 heterocycles. The first-order chi connectivity index (χ1) is 6.67. The van der Waals surface area contributed by atoms with E-state index in [0.29, 0.717) is 6.54 Å². The van der Waals surface area contributed by atoms with Gasteiger partial charge in [-0.3, -0.25) is 0 Å². The van der Waals surface area contributed by atoms with Crippen LogP contribution in [0.3, 0.4) is 0 Å². The van der Waals surface area contributed by atoms with E-state index in [2.05, 4.69) is 25.8 Å². The van der Waals surface area contributed by atoms with Gasteiger partial charge >= 0.3 is 0 Å². The van der Waals surface area contributed by atoms with E-state index in [1.807, 2.05) is 0 Å². The first kappa shape index (κ1) is 11.7. The lowest BCUT2D eigenvalue weighted by atomic mass is 10.1. The molecule has 1 rings (SSSR count). The van der Waals surface area contributed by atoms with E-state index in [4.69, 9.17) is 5.73 Å². The monoisotopic (exact) mass is 212 g/mol. The number of hydrogen-bond acceptors (Lipinski definition) is 3. The second kappa shape index (κ2) is 5.47. The lowest BCUT2D eigenvalue weighted by Gasteiger charge is -2.00. The number of nitrogens with zero attached hydrogens (tertiary/aromatic N) is 1. The van der Waals surface area contributed by atoms with Crippen molar-refractivity contribution in [2.75, 3.05) is 0 Å². The van der Waals surface area contributed by atoms with Crippen molar-refractivity contribution in [2.24, 2.45) is 11.7 Å². The Morgan fingerprint density at radius 3 is 2.57 bits per heavy atom. The maximum absolute atomic E-state index is 5.67. The summed E-state index contributed by atoms with van der Waals surface area (Å²) in [7, 11) is 0. The van der Waals surface area contributed by atoms with Gasteiger partial charge in [-0.2, -0.15) is 0 Å². The van der Waals surface area contributed by atoms with Gasteiger partial charge in [0.15, 0.2) is 0 Å². The molecule has 0 unspecified atom stereocenters. The lowest BCUT2D eigenvalue weighted by molar-refractivity contribution is 0.585. The van der Waals surface area contributed by atoms with Crippen LogP contribution in [0.2, 0.25) is 0 Å². The third-order valence-electron chi connectivity index (χ3n) is 2.28. The summed E-state index contributed by atoms with van der Waals surface area (Å²) in [6.07, 6.45) is 3.33. The van der Waals surface area contributed by atoms with Crippen molar-refractivity contribution < 1.29 is 0 Å². The van der Waals surface area contributed by atoms with E-state index in [1.54, 1.807) is 11.3 Å². The van der Waals surface area contributed by atoms with Crippen LogP contribution in [0.25, 0.3) is 0 Å². The predicted molar refractivity (Wildman–Crippen MR) is 62.5 cm³/mol. The van der Waals surface area contributed by atoms with Crippen molar-refractivity contribution in [3.63, 3.8) is 0 Å². The Kier molecular flexibility index (Phi) is 4.55. The van der Waals surface area contributed by atoms with Crippen LogP contribution < -0.4 is 5.73 Å². The van der Waals surface area contributed by atoms with Gasteiger partial charge in [0.25, 0.3) is 0 Å². The van der Waals surface area contributed by atoms with Crippen LogP contribution in [0.15, 0.2) is 0 Å². The molecule has 0 aliphatic carbocycles. The van der Waals surface area contributed by atoms with Crippen LogP contribution in [0.1, 0.15) is 42.8 Å². The van der Waals surface area contributed by atoms with E-state index in [9.17, 15) is 0 Å². The number of aromatic nitrogens is 1. The van der Waals surface area contributed by atoms with Crippen LogP contribution >= 0.6 is 11.3 Å². The number of hydrogen-bond donors (Lipinski definition) is 1. The smallest absolute Gasteiger partial charge is 0.0931 e. The molecule has 1 aromatic rings. The molecule has 3 heteroatoms. The highest BCUT2D eigenvalue weighted by molar-refractivity contribution is 7.11. The SMILES string of the molecule is CCc1nc(CCC(C)C)sc1CN. The predicted octanol–water partition coefficient (Wildman–Crippen LogP) is 2.75. The Hall–Kier alpha value is -0.410. The van der Waals surface area contributed by atoms with Crippen LogP contribution in [0, 0.1) is 5.92 Å². The largest absolute Gasteiger partial charge is 0.326 e. The molecule has 0 fully saturated rings. The summed E-state index contributed by atoms with van der Waals surface area (Å²) < 4.78 is 0. The van der Waals surface area contributed by atoms with Crippen molar-refractivity contribution >= 4 is 11.3 Å². The molecule has 2 N–H and O–H groups in total. The van der Waals surface area contributed by atoms with Crippen molar-refractivity contribution in [1.29, 1.82) is 0 Å². The fourth-order valence-corrected chi connectivity index (χ4v) is 2.44. The van der Waals surface area contributed by atoms with Crippen molar-refractivity contribution in [3.05, 3.63) is 15.6 Å². The molecule has 1 aromatic heterocycles. The Labute approximate surface area is 90.6 Å². The summed E-state index contributed by atoms with van der Waals surface area (Å²) in [5.74, 6) is 0.755. The van der Waals surface area contributed by atoms with Gasteiger partial charge in [0.05, 0.1) is 10.7 Å². The van der Waals surface area contributed by atoms with Crippen molar-refractivity contribution in [3.8, 4) is 0 Å². The van der Waals surface area contributed by atoms with Crippen LogP contribution in [0.4, 0.5) is 0 Å². The zero-order chi connectivity index (χ0) is 10.6. The minimum atomic E-state index is 0.641. The first-order valence-electron chi connectivity index (χ1n) is 5.34. The molecule has 0 amide bonds. The minimum absolute atomic E-state index is 0.641. The van der Waals surface area contributed by atoms with Gasteiger partial charge in [-0.25, -0.2) is 4.98 Å². The third kappa shape index (κ3) is 3.07. The number of nitrogens with two attached hydrogens (primary N) is 1. The quantitative estimate of drug-likeness (QED) is 0.815. The molecule has 2 nitrogen and oxygen atoms in total. The molecule has 0 saturated carbocycles. The summed E-state index contributed by atoms with van der Waals surface area (Å²) in [5, 5.41) is 1.26. The average molecular weight is 212 g/mol. The van der Waals surface area contributed by atoms with Gasteiger partial charge in [0.1, 0.15) is 0 Å². The molecule has 0 bridgehead atoms. The molecule has 0 saturated heterocycles. The molecule has 0 aliphatic rings. The van der Waals surface area contributed by atoms with E-state index >= 15 is 0 Å². The zero-order valence-corrected chi connectivity index (χ0v) is 10.2. The van der Waals surface area contributed by atoms with E-state index in [0.717, 1.165) is 18.8 Å². The van der Waals surface area contributed by atoms with Gasteiger partial charge in [-0.05, 0) is 25.2 Å². The number of rotatable bonds is 5. The molecule has 0 aliphatic heterocycles. The molecular formula is C11H20N2S. The van der Waals surface area contributed by atoms with Gasteiger partial charge in [-0.15, -0.1) is 11.3 Å². The molecule has 80 valence electrons. The Bertz CT molecular complexity index is 257. The van der Waals surface area contributed by atoms with Gasteiger partial charge in [-0.1, -0.05) is 20.8 Å². The van der Waals surface area contributed by atoms with Crippen molar-refractivity contribution in [2.45, 2.75) is 46.6 Å². The molecule has 14 heavy (non-hydrogen) atoms. The highest BCUT2D eigenvalue weighted by atomic mass is 32.1. The van der Waals surface area contributed by atoms with Gasteiger partial charge in [0, 0.05) is 11.4 Å². The third-order valence-corrected chi connectivity index (χ3v) is 3.46. The summed E-state index contributed by atoms with van der Waals surface area (Å²) in [5.41, 5.74) is 6.87. The summed E-state index contributed by atoms with van der Waals surface area (Å²) in [4.78, 5) is 5.88. The highest BCUT2D eigenvalue weighted by Gasteiger charge is 2.08. The highest BCUT2D eigenvalue weighted by Crippen LogP contribution is 2.20. The summed E-state index contributed by atoms with van der Waals surface area (Å²) in [6, 6.07) is 0. The second-order valence-corrected chi connectivity index (χ2v) is 5.14. The molecule has 0 aromatic carbocycles. The maximum atomic E-state index is 5.67. The minimum Gasteiger partial charge on any atom is -0.326 e. The van der Waals surface area contributed by atoms with E-state index in [-0.39, 0.29) is 0 Å². The molecule has 0 spiro atoms. The fourth-order valence-electron chi connectivity index (χ4n) is 1.39. The van der Waals surface area contributed by atoms with E-state index in [1.165, 1.54) is 22.0 Å². The first-order valence-corrected chi connectivity index (χ1v) is 6.16. The summed E-state index contributed by atoms with van der Waals surface area (Å²) in [6.45, 7) is 7.28. The van der Waals surface area contributed by atoms with Gasteiger partial charge in [0.2, 0.25) is 0 Å². The van der Waals surface area contributed by atoms with Crippen molar-refractivity contribution in [1.82, 2.24) is 4.98 Å². The molecular weight excluding hydrogens is 192 g/mol. The lowest BCUT2D eigenvalue weighted by Crippen LogP contribution is -1.97. The molecule has 0 radical (unpaired) electrons. The average Bonchev–Trinajstić information content (AvgIpc) is 2.57. The zero-order valence-electron chi connectivity index (χ0n) is 9.34. The standard InChI is InChI=1S/C11H20N2S/c1-4-9-10(7-12)14-11(13-9)6-5-8(2)3/h8H,4-7,12H2,1-3H3. The second-order valence-electron chi connectivity index (χ2n) is 3.97. The fraction of sp³-hybridized carbons (Fsp3) is 0.727. The summed E-state index contributed by atoms with van der Waals surface area (Å²) >= 11 is 1.79.